The smallest absolute Gasteiger partial charge is 0.290 e. The van der Waals surface area contributed by atoms with Gasteiger partial charge >= 0.3 is 6.18 Å². The van der Waals surface area contributed by atoms with Gasteiger partial charge in [0.15, 0.2) is 5.82 Å². The average molecular weight is 486 g/mol. The molecule has 1 fully saturated rings. The van der Waals surface area contributed by atoms with Gasteiger partial charge in [0, 0.05) is 22.7 Å². The number of halogens is 3. The van der Waals surface area contributed by atoms with Gasteiger partial charge in [0.2, 0.25) is 10.0 Å². The van der Waals surface area contributed by atoms with Crippen molar-refractivity contribution in [3.05, 3.63) is 54.0 Å². The zero-order chi connectivity index (χ0) is 24.3. The lowest BCUT2D eigenvalue weighted by molar-refractivity contribution is -0.147. The zero-order valence-electron chi connectivity index (χ0n) is 17.7. The maximum absolute atomic E-state index is 12.8. The molecule has 34 heavy (non-hydrogen) atoms. The van der Waals surface area contributed by atoms with Gasteiger partial charge in [0.1, 0.15) is 28.3 Å². The molecule has 1 unspecified atom stereocenters. The van der Waals surface area contributed by atoms with Crippen LogP contribution in [0.1, 0.15) is 36.9 Å². The standard InChI is InChI=1S/C22H17F3N6O2S/c1-12(22(23,24)25)30-34(32,33)15-10-27-20(28-11-15)19-17(9-26)16-7-8-18(13-5-6-13)29-21(16)31(19)14-3-2-4-14/h2-4,7-8,10-13,30H,5-6H2,1H3. The van der Waals surface area contributed by atoms with Gasteiger partial charge < -0.3 is 0 Å². The highest BCUT2D eigenvalue weighted by Crippen LogP contribution is 2.41. The lowest BCUT2D eigenvalue weighted by atomic mass is 10.1. The lowest BCUT2D eigenvalue weighted by Crippen LogP contribution is -2.43. The Morgan fingerprint density at radius 3 is 2.44 bits per heavy atom. The van der Waals surface area contributed by atoms with E-state index in [4.69, 9.17) is 4.98 Å². The molecule has 0 aromatic carbocycles. The van der Waals surface area contributed by atoms with Gasteiger partial charge in [-0.25, -0.2) is 23.4 Å². The van der Waals surface area contributed by atoms with Crippen LogP contribution in [0.15, 0.2) is 47.6 Å². The molecule has 1 atom stereocenters. The minimum atomic E-state index is -4.74. The van der Waals surface area contributed by atoms with Crippen molar-refractivity contribution in [1.29, 1.82) is 5.26 Å². The van der Waals surface area contributed by atoms with Crippen molar-refractivity contribution in [2.75, 3.05) is 0 Å². The second-order valence-electron chi connectivity index (χ2n) is 8.13. The Bertz CT molecular complexity index is 1510. The van der Waals surface area contributed by atoms with E-state index in [1.807, 2.05) is 30.4 Å². The summed E-state index contributed by atoms with van der Waals surface area (Å²) in [7, 11) is -4.51. The fraction of sp³-hybridized carbons (Fsp3) is 0.273. The first-order valence-corrected chi connectivity index (χ1v) is 11.8. The molecule has 0 amide bonds. The van der Waals surface area contributed by atoms with Crippen molar-refractivity contribution in [3.8, 4) is 17.6 Å². The van der Waals surface area contributed by atoms with Crippen molar-refractivity contribution >= 4 is 26.8 Å². The van der Waals surface area contributed by atoms with Crippen molar-refractivity contribution in [2.45, 2.75) is 42.8 Å². The summed E-state index contributed by atoms with van der Waals surface area (Å²) in [6.45, 7) is 0.702. The van der Waals surface area contributed by atoms with Crippen LogP contribution in [0.5, 0.6) is 0 Å². The fourth-order valence-corrected chi connectivity index (χ4v) is 4.75. The maximum Gasteiger partial charge on any atom is 0.404 e. The van der Waals surface area contributed by atoms with E-state index in [1.54, 1.807) is 9.29 Å². The molecular weight excluding hydrogens is 469 g/mol. The first-order valence-electron chi connectivity index (χ1n) is 10.4. The Kier molecular flexibility index (Phi) is 5.07. The van der Waals surface area contributed by atoms with E-state index < -0.39 is 27.1 Å². The molecule has 174 valence electrons. The second-order valence-corrected chi connectivity index (χ2v) is 9.84. The minimum absolute atomic E-state index is 0.0477. The van der Waals surface area contributed by atoms with E-state index in [0.29, 0.717) is 29.6 Å². The summed E-state index contributed by atoms with van der Waals surface area (Å²) in [5.74, 6) is 0.437. The van der Waals surface area contributed by atoms with Crippen LogP contribution in [0.25, 0.3) is 28.2 Å². The van der Waals surface area contributed by atoms with Crippen LogP contribution in [-0.2, 0) is 10.0 Å². The molecule has 1 N–H and O–H groups in total. The predicted molar refractivity (Wildman–Crippen MR) is 117 cm³/mol. The molecule has 0 spiro atoms. The molecule has 0 bridgehead atoms. The zero-order valence-corrected chi connectivity index (χ0v) is 18.5. The second kappa shape index (κ2) is 7.75. The minimum Gasteiger partial charge on any atom is -0.290 e. The first kappa shape index (κ1) is 22.2. The Hall–Kier alpha value is -3.56. The lowest BCUT2D eigenvalue weighted by Gasteiger charge is -2.17. The Morgan fingerprint density at radius 1 is 1.24 bits per heavy atom. The first-order chi connectivity index (χ1) is 16.1. The van der Waals surface area contributed by atoms with Crippen LogP contribution in [0, 0.1) is 11.3 Å². The van der Waals surface area contributed by atoms with Crippen molar-refractivity contribution < 1.29 is 21.6 Å². The number of fused-ring (bicyclic) bond motifs is 1. The highest BCUT2D eigenvalue weighted by atomic mass is 32.2. The number of alkyl halides is 3. The molecule has 5 rings (SSSR count). The van der Waals surface area contributed by atoms with Crippen molar-refractivity contribution in [1.82, 2.24) is 24.2 Å². The summed E-state index contributed by atoms with van der Waals surface area (Å²) >= 11 is 0. The molecule has 3 heterocycles. The van der Waals surface area contributed by atoms with Gasteiger partial charge in [0.05, 0.1) is 18.0 Å². The SMILES string of the molecule is CC(NS(=O)(=O)c1cnc(-c2c(C#N)c3ccc(C4CC4)nc3n2C2=CC=C2)nc1)C(F)(F)F. The summed E-state index contributed by atoms with van der Waals surface area (Å²) in [4.78, 5) is 12.4. The van der Waals surface area contributed by atoms with Crippen LogP contribution in [-0.4, -0.2) is 40.2 Å². The van der Waals surface area contributed by atoms with Crippen LogP contribution in [0.3, 0.4) is 0 Å². The van der Waals surface area contributed by atoms with E-state index >= 15 is 0 Å². The van der Waals surface area contributed by atoms with Crippen LogP contribution >= 0.6 is 0 Å². The monoisotopic (exact) mass is 486 g/mol. The Balaban J connectivity index is 1.60. The normalized spacial score (nSPS) is 16.7. The molecule has 0 aliphatic heterocycles. The number of nitrogens with zero attached hydrogens (tertiary/aromatic N) is 5. The van der Waals surface area contributed by atoms with E-state index in [2.05, 4.69) is 16.0 Å². The fourth-order valence-electron chi connectivity index (χ4n) is 3.63. The molecule has 0 radical (unpaired) electrons. The Morgan fingerprint density at radius 2 is 1.91 bits per heavy atom. The third-order valence-electron chi connectivity index (χ3n) is 5.71. The number of allylic oxidation sites excluding steroid dienone is 4. The summed E-state index contributed by atoms with van der Waals surface area (Å²) in [5.41, 5.74) is 2.84. The summed E-state index contributed by atoms with van der Waals surface area (Å²) in [6.07, 6.45) is 4.70. The van der Waals surface area contributed by atoms with Gasteiger partial charge in [0.25, 0.3) is 0 Å². The number of aromatic nitrogens is 4. The van der Waals surface area contributed by atoms with Gasteiger partial charge in [-0.1, -0.05) is 6.08 Å². The third kappa shape index (κ3) is 3.76. The van der Waals surface area contributed by atoms with Crippen LogP contribution < -0.4 is 4.72 Å². The topological polar surface area (TPSA) is 114 Å². The predicted octanol–water partition coefficient (Wildman–Crippen LogP) is 3.88. The number of sulfonamides is 1. The highest BCUT2D eigenvalue weighted by Gasteiger charge is 2.39. The Labute approximate surface area is 192 Å². The molecule has 2 aliphatic rings. The molecule has 3 aromatic heterocycles. The quantitative estimate of drug-likeness (QED) is 0.566. The largest absolute Gasteiger partial charge is 0.404 e. The summed E-state index contributed by atoms with van der Waals surface area (Å²) in [5, 5.41) is 10.5. The van der Waals surface area contributed by atoms with Gasteiger partial charge in [-0.2, -0.15) is 23.2 Å². The number of pyridine rings is 1. The molecule has 3 aromatic rings. The molecule has 2 aliphatic carbocycles. The summed E-state index contributed by atoms with van der Waals surface area (Å²) < 4.78 is 66.4. The molecule has 8 nitrogen and oxygen atoms in total. The highest BCUT2D eigenvalue weighted by molar-refractivity contribution is 7.89. The third-order valence-corrected chi connectivity index (χ3v) is 7.21. The molecule has 1 saturated carbocycles. The van der Waals surface area contributed by atoms with Crippen LogP contribution in [0.4, 0.5) is 13.2 Å². The molecule has 12 heteroatoms. The van der Waals surface area contributed by atoms with Gasteiger partial charge in [-0.05, 0) is 44.1 Å². The van der Waals surface area contributed by atoms with Gasteiger partial charge in [-0.3, -0.25) is 4.57 Å². The van der Waals surface area contributed by atoms with E-state index in [0.717, 1.165) is 36.6 Å². The number of nitriles is 1. The molecule has 0 saturated heterocycles. The van der Waals surface area contributed by atoms with E-state index in [-0.39, 0.29) is 11.4 Å². The van der Waals surface area contributed by atoms with Crippen molar-refractivity contribution in [2.24, 2.45) is 0 Å². The van der Waals surface area contributed by atoms with Crippen LogP contribution in [0.2, 0.25) is 0 Å². The summed E-state index contributed by atoms with van der Waals surface area (Å²) in [6, 6.07) is 3.61. The number of rotatable bonds is 6. The number of nitrogens with one attached hydrogen (secondary N) is 1. The van der Waals surface area contributed by atoms with E-state index in [9.17, 15) is 26.9 Å². The van der Waals surface area contributed by atoms with Gasteiger partial charge in [-0.15, -0.1) is 0 Å². The molecular formula is C22H17F3N6O2S. The van der Waals surface area contributed by atoms with Crippen molar-refractivity contribution in [3.63, 3.8) is 0 Å². The van der Waals surface area contributed by atoms with E-state index in [1.165, 1.54) is 0 Å². The number of hydrogen-bond donors (Lipinski definition) is 1. The maximum atomic E-state index is 12.8. The number of hydrogen-bond acceptors (Lipinski definition) is 6. The average Bonchev–Trinajstić information content (AvgIpc) is 3.55.